The second kappa shape index (κ2) is 28.5. The van der Waals surface area contributed by atoms with Crippen molar-refractivity contribution in [3.8, 4) is 17.2 Å². The first kappa shape index (κ1) is 41.3. The van der Waals surface area contributed by atoms with Gasteiger partial charge in [0.05, 0.1) is 26.2 Å². The number of ether oxygens (including phenoxy) is 3. The van der Waals surface area contributed by atoms with E-state index < -0.39 is 0 Å². The van der Waals surface area contributed by atoms with Gasteiger partial charge in [0.15, 0.2) is 11.5 Å². The van der Waals surface area contributed by atoms with E-state index in [4.69, 9.17) is 14.2 Å². The van der Waals surface area contributed by atoms with Crippen LogP contribution in [0.15, 0.2) is 11.1 Å². The lowest BCUT2D eigenvalue weighted by molar-refractivity contribution is -0.144. The Kier molecular flexibility index (Phi) is 25.5. The molecule has 0 aliphatic rings. The number of esters is 2. The van der Waals surface area contributed by atoms with Gasteiger partial charge in [-0.3, -0.25) is 14.6 Å². The summed E-state index contributed by atoms with van der Waals surface area (Å²) in [6, 6.07) is 1.38. The van der Waals surface area contributed by atoms with Gasteiger partial charge in [-0.25, -0.2) is 0 Å². The standard InChI is InChI=1S/C38H65NO7/c1-4-7-10-11-12-13-14-15-16-17-18-19-20-21-24-32-37(43)33(39-27-22-25-35(41)44-28-8-5-2)31-34(40)38(32)46-30-23-26-36(42)45-29-9-6-3/h27,31,40,43H,4-26,28-30H2,1-3H3. The first-order chi connectivity index (χ1) is 22.4. The molecule has 0 bridgehead atoms. The summed E-state index contributed by atoms with van der Waals surface area (Å²) < 4.78 is 16.3. The van der Waals surface area contributed by atoms with Crippen LogP contribution in [-0.4, -0.2) is 48.2 Å². The summed E-state index contributed by atoms with van der Waals surface area (Å²) in [6.45, 7) is 7.40. The number of hydrogen-bond donors (Lipinski definition) is 2. The van der Waals surface area contributed by atoms with Crippen LogP contribution >= 0.6 is 0 Å². The molecule has 0 heterocycles. The van der Waals surface area contributed by atoms with E-state index in [-0.39, 0.29) is 54.3 Å². The van der Waals surface area contributed by atoms with Crippen LogP contribution in [0.3, 0.4) is 0 Å². The molecule has 0 atom stereocenters. The summed E-state index contributed by atoms with van der Waals surface area (Å²) in [4.78, 5) is 28.2. The zero-order chi connectivity index (χ0) is 33.7. The Morgan fingerprint density at radius 2 is 1.15 bits per heavy atom. The second-order valence-electron chi connectivity index (χ2n) is 12.4. The van der Waals surface area contributed by atoms with E-state index in [1.807, 2.05) is 13.8 Å². The van der Waals surface area contributed by atoms with Crippen molar-refractivity contribution in [2.75, 3.05) is 19.8 Å². The molecule has 264 valence electrons. The molecule has 0 radical (unpaired) electrons. The minimum absolute atomic E-state index is 0.0248. The topological polar surface area (TPSA) is 115 Å². The molecule has 0 amide bonds. The van der Waals surface area contributed by atoms with Gasteiger partial charge in [0.2, 0.25) is 0 Å². The number of aromatic hydroxyl groups is 2. The molecule has 0 saturated carbocycles. The van der Waals surface area contributed by atoms with Gasteiger partial charge < -0.3 is 24.4 Å². The lowest BCUT2D eigenvalue weighted by Crippen LogP contribution is -2.08. The maximum absolute atomic E-state index is 11.9. The molecule has 0 unspecified atom stereocenters. The highest BCUT2D eigenvalue weighted by Crippen LogP contribution is 2.44. The van der Waals surface area contributed by atoms with Crippen molar-refractivity contribution >= 4 is 23.8 Å². The number of phenols is 2. The van der Waals surface area contributed by atoms with Gasteiger partial charge in [-0.1, -0.05) is 117 Å². The Hall–Kier alpha value is -2.77. The summed E-state index contributed by atoms with van der Waals surface area (Å²) in [5.41, 5.74) is 0.764. The predicted molar refractivity (Wildman–Crippen MR) is 188 cm³/mol. The molecule has 1 rings (SSSR count). The van der Waals surface area contributed by atoms with Crippen molar-refractivity contribution in [3.63, 3.8) is 0 Å². The van der Waals surface area contributed by atoms with Gasteiger partial charge in [-0.2, -0.15) is 0 Å². The molecule has 0 fully saturated rings. The van der Waals surface area contributed by atoms with Crippen LogP contribution in [0.25, 0.3) is 0 Å². The summed E-state index contributed by atoms with van der Waals surface area (Å²) in [7, 11) is 0. The van der Waals surface area contributed by atoms with Crippen molar-refractivity contribution in [1.82, 2.24) is 0 Å². The monoisotopic (exact) mass is 647 g/mol. The van der Waals surface area contributed by atoms with Gasteiger partial charge in [0, 0.05) is 24.3 Å². The van der Waals surface area contributed by atoms with E-state index in [0.29, 0.717) is 38.0 Å². The minimum atomic E-state index is -0.275. The van der Waals surface area contributed by atoms with Crippen LogP contribution in [0, 0.1) is 0 Å². The van der Waals surface area contributed by atoms with Crippen molar-refractivity contribution < 1.29 is 34.0 Å². The summed E-state index contributed by atoms with van der Waals surface area (Å²) in [5.74, 6) is -0.419. The number of aliphatic imine (C=N–C) groups is 1. The molecule has 0 aromatic heterocycles. The van der Waals surface area contributed by atoms with E-state index in [0.717, 1.165) is 44.9 Å². The van der Waals surface area contributed by atoms with Gasteiger partial charge in [-0.15, -0.1) is 0 Å². The first-order valence-corrected chi connectivity index (χ1v) is 18.5. The first-order valence-electron chi connectivity index (χ1n) is 18.5. The molecule has 8 nitrogen and oxygen atoms in total. The predicted octanol–water partition coefficient (Wildman–Crippen LogP) is 10.4. The van der Waals surface area contributed by atoms with Gasteiger partial charge >= 0.3 is 11.9 Å². The Balaban J connectivity index is 2.63. The van der Waals surface area contributed by atoms with Crippen molar-refractivity contribution in [1.29, 1.82) is 0 Å². The lowest BCUT2D eigenvalue weighted by atomic mass is 10.0. The third-order valence-corrected chi connectivity index (χ3v) is 8.09. The highest BCUT2D eigenvalue weighted by atomic mass is 16.5. The van der Waals surface area contributed by atoms with Crippen LogP contribution < -0.4 is 4.74 Å². The Morgan fingerprint density at radius 1 is 0.652 bits per heavy atom. The Morgan fingerprint density at radius 3 is 1.70 bits per heavy atom. The number of carbonyl (C=O) groups excluding carboxylic acids is 2. The average Bonchev–Trinajstić information content (AvgIpc) is 3.04. The molecule has 1 aromatic carbocycles. The molecule has 0 spiro atoms. The normalized spacial score (nSPS) is 11.3. The van der Waals surface area contributed by atoms with E-state index in [1.165, 1.54) is 76.7 Å². The maximum Gasteiger partial charge on any atom is 0.306 e. The number of phenolic OH excluding ortho intramolecular Hbond substituents is 2. The molecule has 2 N–H and O–H groups in total. The van der Waals surface area contributed by atoms with E-state index in [9.17, 15) is 19.8 Å². The summed E-state index contributed by atoms with van der Waals surface area (Å²) >= 11 is 0. The van der Waals surface area contributed by atoms with E-state index in [1.54, 1.807) is 6.21 Å². The number of hydrogen-bond acceptors (Lipinski definition) is 8. The number of carbonyl (C=O) groups is 2. The molecule has 8 heteroatoms. The van der Waals surface area contributed by atoms with Crippen molar-refractivity contribution in [2.24, 2.45) is 4.99 Å². The fraction of sp³-hybridized carbons (Fsp3) is 0.763. The fourth-order valence-corrected chi connectivity index (χ4v) is 5.21. The molecule has 1 aromatic rings. The summed E-state index contributed by atoms with van der Waals surface area (Å²) in [6.07, 6.45) is 24.6. The average molecular weight is 648 g/mol. The highest BCUT2D eigenvalue weighted by molar-refractivity contribution is 5.76. The molecular weight excluding hydrogens is 582 g/mol. The summed E-state index contributed by atoms with van der Waals surface area (Å²) in [5, 5.41) is 22.0. The largest absolute Gasteiger partial charge is 0.505 e. The van der Waals surface area contributed by atoms with Gasteiger partial charge in [-0.05, 0) is 38.5 Å². The van der Waals surface area contributed by atoms with Crippen LogP contribution in [0.2, 0.25) is 0 Å². The van der Waals surface area contributed by atoms with Gasteiger partial charge in [0.25, 0.3) is 0 Å². The third-order valence-electron chi connectivity index (χ3n) is 8.09. The lowest BCUT2D eigenvalue weighted by Gasteiger charge is -2.16. The molecule has 46 heavy (non-hydrogen) atoms. The van der Waals surface area contributed by atoms with Gasteiger partial charge in [0.1, 0.15) is 11.4 Å². The minimum Gasteiger partial charge on any atom is -0.505 e. The number of benzene rings is 1. The molecule has 0 aliphatic heterocycles. The third kappa shape index (κ3) is 20.4. The second-order valence-corrected chi connectivity index (χ2v) is 12.4. The highest BCUT2D eigenvalue weighted by Gasteiger charge is 2.19. The van der Waals surface area contributed by atoms with Crippen molar-refractivity contribution in [3.05, 3.63) is 11.6 Å². The zero-order valence-corrected chi connectivity index (χ0v) is 29.4. The maximum atomic E-state index is 11.9. The zero-order valence-electron chi connectivity index (χ0n) is 29.4. The SMILES string of the molecule is CCCCCCCCCCCCCCCCc1c(O)c(N=CCCC(=O)OCCCC)cc(O)c1OCCCC(=O)OCCCC. The fourth-order valence-electron chi connectivity index (χ4n) is 5.21. The number of nitrogens with zero attached hydrogens (tertiary/aromatic N) is 1. The van der Waals surface area contributed by atoms with Crippen LogP contribution in [0.4, 0.5) is 5.69 Å². The van der Waals surface area contributed by atoms with Crippen LogP contribution in [0.5, 0.6) is 17.2 Å². The quantitative estimate of drug-likeness (QED) is 0.0369. The van der Waals surface area contributed by atoms with Crippen LogP contribution in [0.1, 0.15) is 168 Å². The van der Waals surface area contributed by atoms with E-state index >= 15 is 0 Å². The number of unbranched alkanes of at least 4 members (excludes halogenated alkanes) is 15. The molecule has 0 aliphatic carbocycles. The Bertz CT molecular complexity index is 963. The Labute approximate surface area is 279 Å². The van der Waals surface area contributed by atoms with Crippen LogP contribution in [-0.2, 0) is 25.5 Å². The molecular formula is C38H65NO7. The smallest absolute Gasteiger partial charge is 0.306 e. The number of rotatable bonds is 30. The molecule has 0 saturated heterocycles. The van der Waals surface area contributed by atoms with Crippen molar-refractivity contribution in [2.45, 2.75) is 168 Å². The van der Waals surface area contributed by atoms with E-state index in [2.05, 4.69) is 11.9 Å².